The lowest BCUT2D eigenvalue weighted by Gasteiger charge is -2.31. The van der Waals surface area contributed by atoms with Crippen LogP contribution in [0.25, 0.3) is 0 Å². The Labute approximate surface area is 57.0 Å². The van der Waals surface area contributed by atoms with Gasteiger partial charge in [-0.25, -0.2) is 0 Å². The van der Waals surface area contributed by atoms with E-state index in [0.717, 1.165) is 6.42 Å². The molecule has 0 aromatic heterocycles. The van der Waals surface area contributed by atoms with Gasteiger partial charge in [0.1, 0.15) is 0 Å². The molecule has 0 unspecified atom stereocenters. The number of hydrogen-bond donors (Lipinski definition) is 0. The highest BCUT2D eigenvalue weighted by atomic mass is 32.2. The molecule has 0 spiro atoms. The molecular formula is C5H7NO2S. The predicted octanol–water partition coefficient (Wildman–Crippen LogP) is -0.0619. The highest BCUT2D eigenvalue weighted by Gasteiger charge is 2.36. The van der Waals surface area contributed by atoms with Gasteiger partial charge in [0.25, 0.3) is 0 Å². The molecule has 0 bridgehead atoms. The molecule has 9 heavy (non-hydrogen) atoms. The molecule has 2 heterocycles. The second kappa shape index (κ2) is 2.04. The van der Waals surface area contributed by atoms with E-state index in [1.54, 1.807) is 16.7 Å². The third-order valence-corrected chi connectivity index (χ3v) is 2.39. The van der Waals surface area contributed by atoms with E-state index in [9.17, 15) is 4.79 Å². The molecule has 1 amide bonds. The van der Waals surface area contributed by atoms with Crippen LogP contribution in [-0.4, -0.2) is 21.7 Å². The van der Waals surface area contributed by atoms with Crippen LogP contribution in [0.15, 0.2) is 11.6 Å². The summed E-state index contributed by atoms with van der Waals surface area (Å²) < 4.78 is 0. The SMILES string of the molecule is O.O=C1C[C@H]2SC=CN12. The molecule has 2 aliphatic heterocycles. The summed E-state index contributed by atoms with van der Waals surface area (Å²) in [5, 5.41) is 2.43. The molecule has 1 fully saturated rings. The summed E-state index contributed by atoms with van der Waals surface area (Å²) in [5.74, 6) is 0.260. The van der Waals surface area contributed by atoms with Gasteiger partial charge in [0.2, 0.25) is 5.91 Å². The van der Waals surface area contributed by atoms with Crippen molar-refractivity contribution in [1.29, 1.82) is 0 Å². The van der Waals surface area contributed by atoms with E-state index in [2.05, 4.69) is 0 Å². The van der Waals surface area contributed by atoms with Gasteiger partial charge in [0.15, 0.2) is 0 Å². The highest BCUT2D eigenvalue weighted by molar-refractivity contribution is 8.03. The zero-order chi connectivity index (χ0) is 5.56. The number of fused-ring (bicyclic) bond motifs is 1. The van der Waals surface area contributed by atoms with Crippen molar-refractivity contribution in [3.05, 3.63) is 11.6 Å². The minimum Gasteiger partial charge on any atom is -0.412 e. The number of nitrogens with zero attached hydrogens (tertiary/aromatic N) is 1. The first-order valence-corrected chi connectivity index (χ1v) is 3.45. The predicted molar refractivity (Wildman–Crippen MR) is 35.6 cm³/mol. The van der Waals surface area contributed by atoms with E-state index < -0.39 is 0 Å². The van der Waals surface area contributed by atoms with Crippen molar-refractivity contribution in [2.75, 3.05) is 0 Å². The highest BCUT2D eigenvalue weighted by Crippen LogP contribution is 2.35. The number of hydrogen-bond acceptors (Lipinski definition) is 2. The van der Waals surface area contributed by atoms with Crippen LogP contribution >= 0.6 is 11.8 Å². The molecule has 0 aliphatic carbocycles. The van der Waals surface area contributed by atoms with Gasteiger partial charge < -0.3 is 10.4 Å². The minimum atomic E-state index is 0. The Morgan fingerprint density at radius 1 is 1.78 bits per heavy atom. The second-order valence-corrected chi connectivity index (χ2v) is 2.97. The first-order chi connectivity index (χ1) is 3.88. The quantitative estimate of drug-likeness (QED) is 0.448. The monoisotopic (exact) mass is 145 g/mol. The summed E-state index contributed by atoms with van der Waals surface area (Å²) in [6.07, 6.45) is 2.58. The molecule has 0 radical (unpaired) electrons. The largest absolute Gasteiger partial charge is 0.412 e. The van der Waals surface area contributed by atoms with Crippen molar-refractivity contribution in [3.63, 3.8) is 0 Å². The van der Waals surface area contributed by atoms with Crippen molar-refractivity contribution >= 4 is 17.7 Å². The fraction of sp³-hybridized carbons (Fsp3) is 0.400. The molecule has 0 saturated carbocycles. The maximum Gasteiger partial charge on any atom is 0.230 e. The Balaban J connectivity index is 0.000000405. The van der Waals surface area contributed by atoms with E-state index in [4.69, 9.17) is 0 Å². The Kier molecular flexibility index (Phi) is 1.50. The molecule has 1 atom stereocenters. The standard InChI is InChI=1S/C5H5NOS.H2O/c7-4-3-5-6(4)1-2-8-5;/h1-2,5H,3H2;1H2/t5-;/m1./s1. The summed E-state index contributed by atoms with van der Waals surface area (Å²) in [6.45, 7) is 0. The summed E-state index contributed by atoms with van der Waals surface area (Å²) in [4.78, 5) is 12.3. The summed E-state index contributed by atoms with van der Waals surface area (Å²) in [5.41, 5.74) is 0. The van der Waals surface area contributed by atoms with Crippen LogP contribution in [0.3, 0.4) is 0 Å². The van der Waals surface area contributed by atoms with Gasteiger partial charge in [0.05, 0.1) is 11.8 Å². The number of β-lactam (4-membered cyclic amide) rings is 1. The van der Waals surface area contributed by atoms with Crippen LogP contribution in [-0.2, 0) is 4.79 Å². The Morgan fingerprint density at radius 3 is 3.00 bits per heavy atom. The first-order valence-electron chi connectivity index (χ1n) is 2.51. The molecule has 2 rings (SSSR count). The van der Waals surface area contributed by atoms with Crippen molar-refractivity contribution in [3.8, 4) is 0 Å². The van der Waals surface area contributed by atoms with Gasteiger partial charge in [-0.2, -0.15) is 0 Å². The minimum absolute atomic E-state index is 0. The number of carbonyl (C=O) groups is 1. The van der Waals surface area contributed by atoms with Crippen LogP contribution in [0, 0.1) is 0 Å². The van der Waals surface area contributed by atoms with Crippen LogP contribution in [0.2, 0.25) is 0 Å². The van der Waals surface area contributed by atoms with Crippen molar-refractivity contribution in [1.82, 2.24) is 4.90 Å². The van der Waals surface area contributed by atoms with Gasteiger partial charge in [-0.1, -0.05) is 0 Å². The molecule has 0 aromatic rings. The van der Waals surface area contributed by atoms with Crippen molar-refractivity contribution < 1.29 is 10.3 Å². The third-order valence-electron chi connectivity index (χ3n) is 1.40. The molecule has 50 valence electrons. The Hall–Kier alpha value is -0.480. The summed E-state index contributed by atoms with van der Waals surface area (Å²) in [7, 11) is 0. The van der Waals surface area contributed by atoms with Gasteiger partial charge in [-0.15, -0.1) is 11.8 Å². The lowest BCUT2D eigenvalue weighted by atomic mass is 10.2. The van der Waals surface area contributed by atoms with Gasteiger partial charge in [-0.05, 0) is 5.41 Å². The average molecular weight is 145 g/mol. The fourth-order valence-electron chi connectivity index (χ4n) is 0.886. The summed E-state index contributed by atoms with van der Waals surface area (Å²) in [6, 6.07) is 0. The lowest BCUT2D eigenvalue weighted by Crippen LogP contribution is -2.44. The van der Waals surface area contributed by atoms with Gasteiger partial charge in [-0.3, -0.25) is 4.79 Å². The molecule has 4 heteroatoms. The van der Waals surface area contributed by atoms with Gasteiger partial charge >= 0.3 is 0 Å². The third kappa shape index (κ3) is 0.746. The molecule has 0 aromatic carbocycles. The number of thioether (sulfide) groups is 1. The Bertz CT molecular complexity index is 168. The van der Waals surface area contributed by atoms with E-state index in [-0.39, 0.29) is 11.4 Å². The summed E-state index contributed by atoms with van der Waals surface area (Å²) >= 11 is 1.72. The lowest BCUT2D eigenvalue weighted by molar-refractivity contribution is -0.137. The van der Waals surface area contributed by atoms with Crippen LogP contribution in [0.5, 0.6) is 0 Å². The first kappa shape index (κ1) is 6.64. The average Bonchev–Trinajstić information content (AvgIpc) is 2.09. The van der Waals surface area contributed by atoms with E-state index in [1.807, 2.05) is 11.6 Å². The maximum absolute atomic E-state index is 10.6. The second-order valence-electron chi connectivity index (χ2n) is 1.88. The van der Waals surface area contributed by atoms with Crippen LogP contribution in [0.4, 0.5) is 0 Å². The molecule has 2 N–H and O–H groups in total. The smallest absolute Gasteiger partial charge is 0.230 e. The number of carbonyl (C=O) groups excluding carboxylic acids is 1. The van der Waals surface area contributed by atoms with E-state index in [1.165, 1.54) is 0 Å². The van der Waals surface area contributed by atoms with E-state index >= 15 is 0 Å². The topological polar surface area (TPSA) is 51.8 Å². The van der Waals surface area contributed by atoms with Crippen molar-refractivity contribution in [2.45, 2.75) is 11.8 Å². The van der Waals surface area contributed by atoms with E-state index in [0.29, 0.717) is 5.37 Å². The number of amides is 1. The molecule has 3 nitrogen and oxygen atoms in total. The van der Waals surface area contributed by atoms with Crippen LogP contribution in [0.1, 0.15) is 6.42 Å². The normalized spacial score (nSPS) is 29.1. The number of rotatable bonds is 0. The molecule has 1 saturated heterocycles. The fourth-order valence-corrected chi connectivity index (χ4v) is 1.83. The maximum atomic E-state index is 10.6. The molecular weight excluding hydrogens is 138 g/mol. The van der Waals surface area contributed by atoms with Crippen LogP contribution < -0.4 is 0 Å². The Morgan fingerprint density at radius 2 is 2.56 bits per heavy atom. The van der Waals surface area contributed by atoms with Gasteiger partial charge in [0, 0.05) is 6.20 Å². The zero-order valence-electron chi connectivity index (χ0n) is 4.70. The van der Waals surface area contributed by atoms with Crippen molar-refractivity contribution in [2.24, 2.45) is 0 Å². The molecule has 2 aliphatic rings. The zero-order valence-corrected chi connectivity index (χ0v) is 5.52.